The lowest BCUT2D eigenvalue weighted by Gasteiger charge is -2.06. The molecular weight excluding hydrogens is 462 g/mol. The van der Waals surface area contributed by atoms with Crippen molar-refractivity contribution in [2.75, 3.05) is 0 Å². The van der Waals surface area contributed by atoms with Gasteiger partial charge < -0.3 is 0 Å². The van der Waals surface area contributed by atoms with Crippen LogP contribution in [0.5, 0.6) is 0 Å². The summed E-state index contributed by atoms with van der Waals surface area (Å²) in [4.78, 5) is 9.48. The first kappa shape index (κ1) is 24.4. The van der Waals surface area contributed by atoms with Crippen LogP contribution in [0.1, 0.15) is 22.3 Å². The lowest BCUT2D eigenvalue weighted by atomic mass is 9.99. The molecule has 0 N–H and O–H groups in total. The van der Waals surface area contributed by atoms with E-state index in [9.17, 15) is 0 Å². The van der Waals surface area contributed by atoms with E-state index in [4.69, 9.17) is 15.2 Å². The number of amidine groups is 1. The first-order chi connectivity index (χ1) is 18.7. The Bertz CT molecular complexity index is 1620. The van der Waals surface area contributed by atoms with Crippen molar-refractivity contribution in [2.24, 2.45) is 9.98 Å². The van der Waals surface area contributed by atoms with E-state index in [0.717, 1.165) is 38.9 Å². The second-order valence-corrected chi connectivity index (χ2v) is 8.76. The van der Waals surface area contributed by atoms with Gasteiger partial charge in [-0.2, -0.15) is 5.26 Å². The molecule has 0 spiro atoms. The van der Waals surface area contributed by atoms with E-state index in [2.05, 4.69) is 61.2 Å². The molecule has 0 bridgehead atoms. The van der Waals surface area contributed by atoms with Crippen molar-refractivity contribution in [2.45, 2.75) is 0 Å². The molecule has 0 unspecified atom stereocenters. The number of hydrogen-bond donors (Lipinski definition) is 0. The quantitative estimate of drug-likeness (QED) is 0.175. The number of nitrogens with zero attached hydrogens (tertiary/aromatic N) is 3. The topological polar surface area (TPSA) is 48.5 Å². The Morgan fingerprint density at radius 1 is 0.579 bits per heavy atom. The molecule has 0 aromatic heterocycles. The third-order valence-corrected chi connectivity index (χ3v) is 6.19. The molecule has 0 heterocycles. The monoisotopic (exact) mass is 487 g/mol. The molecule has 0 radical (unpaired) electrons. The van der Waals surface area contributed by atoms with E-state index >= 15 is 0 Å². The third-order valence-electron chi connectivity index (χ3n) is 6.19. The van der Waals surface area contributed by atoms with Gasteiger partial charge in [0.25, 0.3) is 0 Å². The summed E-state index contributed by atoms with van der Waals surface area (Å²) in [6.45, 7) is 4.15. The fourth-order valence-corrected chi connectivity index (χ4v) is 4.07. The number of benzene rings is 5. The van der Waals surface area contributed by atoms with Crippen LogP contribution in [0.15, 0.2) is 150 Å². The average Bonchev–Trinajstić information content (AvgIpc) is 3.00. The highest BCUT2D eigenvalue weighted by Crippen LogP contribution is 2.25. The largest absolute Gasteiger partial charge is 0.236 e. The summed E-state index contributed by atoms with van der Waals surface area (Å²) < 4.78 is 0. The molecular formula is C35H25N3. The SMILES string of the molecule is C=C(N=C(N=Cc1ccc(-c2ccc(-c3ccc(C#N)cc3)cc2)cc1)c1ccccc1)c1ccccc1. The first-order valence-electron chi connectivity index (χ1n) is 12.3. The summed E-state index contributed by atoms with van der Waals surface area (Å²) in [7, 11) is 0. The van der Waals surface area contributed by atoms with Crippen LogP contribution in [-0.2, 0) is 0 Å². The maximum Gasteiger partial charge on any atom is 0.159 e. The van der Waals surface area contributed by atoms with Crippen molar-refractivity contribution in [3.05, 3.63) is 162 Å². The summed E-state index contributed by atoms with van der Waals surface area (Å²) >= 11 is 0. The van der Waals surface area contributed by atoms with Crippen molar-refractivity contribution >= 4 is 17.7 Å². The molecule has 0 saturated heterocycles. The number of rotatable bonds is 6. The van der Waals surface area contributed by atoms with Gasteiger partial charge in [-0.15, -0.1) is 0 Å². The Morgan fingerprint density at radius 2 is 1.03 bits per heavy atom. The summed E-state index contributed by atoms with van der Waals surface area (Å²) in [6, 6.07) is 46.4. The minimum Gasteiger partial charge on any atom is -0.236 e. The Morgan fingerprint density at radius 3 is 1.53 bits per heavy atom. The molecule has 0 aliphatic heterocycles. The molecule has 0 amide bonds. The van der Waals surface area contributed by atoms with Crippen LogP contribution in [0.3, 0.4) is 0 Å². The van der Waals surface area contributed by atoms with Gasteiger partial charge in [0, 0.05) is 11.8 Å². The molecule has 5 aromatic rings. The van der Waals surface area contributed by atoms with Gasteiger partial charge in [0.05, 0.1) is 17.3 Å². The van der Waals surface area contributed by atoms with E-state index in [-0.39, 0.29) is 0 Å². The molecule has 0 aliphatic rings. The summed E-state index contributed by atoms with van der Waals surface area (Å²) in [5.74, 6) is 0.613. The van der Waals surface area contributed by atoms with Crippen LogP contribution in [0.25, 0.3) is 28.0 Å². The van der Waals surface area contributed by atoms with E-state index in [1.807, 2.05) is 91.1 Å². The van der Waals surface area contributed by atoms with Crippen LogP contribution in [0.2, 0.25) is 0 Å². The Hall–Kier alpha value is -5.33. The number of nitriles is 1. The Balaban J connectivity index is 1.34. The lowest BCUT2D eigenvalue weighted by Crippen LogP contribution is -1.99. The Kier molecular flexibility index (Phi) is 7.44. The predicted octanol–water partition coefficient (Wildman–Crippen LogP) is 8.43. The van der Waals surface area contributed by atoms with Crippen LogP contribution < -0.4 is 0 Å². The van der Waals surface area contributed by atoms with E-state index in [1.54, 1.807) is 0 Å². The molecule has 180 valence electrons. The van der Waals surface area contributed by atoms with Crippen molar-refractivity contribution in [1.29, 1.82) is 5.26 Å². The van der Waals surface area contributed by atoms with Gasteiger partial charge in [0.2, 0.25) is 0 Å². The zero-order chi connectivity index (χ0) is 26.2. The Labute approximate surface area is 223 Å². The van der Waals surface area contributed by atoms with Gasteiger partial charge in [-0.1, -0.05) is 128 Å². The summed E-state index contributed by atoms with van der Waals surface area (Å²) in [6.07, 6.45) is 1.84. The highest BCUT2D eigenvalue weighted by Gasteiger charge is 2.05. The number of aliphatic imine (C=N–C) groups is 2. The van der Waals surface area contributed by atoms with Gasteiger partial charge in [-0.3, -0.25) is 0 Å². The smallest absolute Gasteiger partial charge is 0.159 e. The van der Waals surface area contributed by atoms with Gasteiger partial charge in [0.15, 0.2) is 5.84 Å². The highest BCUT2D eigenvalue weighted by molar-refractivity contribution is 6.07. The fraction of sp³-hybridized carbons (Fsp3) is 0. The van der Waals surface area contributed by atoms with Crippen molar-refractivity contribution in [3.63, 3.8) is 0 Å². The normalized spacial score (nSPS) is 11.3. The third kappa shape index (κ3) is 5.90. The van der Waals surface area contributed by atoms with Crippen molar-refractivity contribution in [1.82, 2.24) is 0 Å². The van der Waals surface area contributed by atoms with E-state index in [0.29, 0.717) is 17.1 Å². The lowest BCUT2D eigenvalue weighted by molar-refractivity contribution is 1.45. The summed E-state index contributed by atoms with van der Waals surface area (Å²) in [5.41, 5.74) is 8.68. The molecule has 5 rings (SSSR count). The molecule has 38 heavy (non-hydrogen) atoms. The van der Waals surface area contributed by atoms with Crippen LogP contribution in [-0.4, -0.2) is 12.1 Å². The zero-order valence-corrected chi connectivity index (χ0v) is 20.8. The van der Waals surface area contributed by atoms with Crippen LogP contribution in [0, 0.1) is 11.3 Å². The van der Waals surface area contributed by atoms with Gasteiger partial charge in [0.1, 0.15) is 0 Å². The van der Waals surface area contributed by atoms with Gasteiger partial charge >= 0.3 is 0 Å². The van der Waals surface area contributed by atoms with Gasteiger partial charge in [-0.05, 0) is 45.5 Å². The molecule has 0 fully saturated rings. The van der Waals surface area contributed by atoms with E-state index in [1.165, 1.54) is 0 Å². The first-order valence-corrected chi connectivity index (χ1v) is 12.3. The second kappa shape index (κ2) is 11.6. The van der Waals surface area contributed by atoms with Crippen LogP contribution >= 0.6 is 0 Å². The number of hydrogen-bond acceptors (Lipinski definition) is 2. The fourth-order valence-electron chi connectivity index (χ4n) is 4.07. The molecule has 0 aliphatic carbocycles. The summed E-state index contributed by atoms with van der Waals surface area (Å²) in [5, 5.41) is 9.00. The van der Waals surface area contributed by atoms with Gasteiger partial charge in [-0.25, -0.2) is 9.98 Å². The van der Waals surface area contributed by atoms with Crippen molar-refractivity contribution < 1.29 is 0 Å². The molecule has 5 aromatic carbocycles. The average molecular weight is 488 g/mol. The predicted molar refractivity (Wildman–Crippen MR) is 158 cm³/mol. The van der Waals surface area contributed by atoms with Crippen LogP contribution in [0.4, 0.5) is 0 Å². The molecule has 3 heteroatoms. The second-order valence-electron chi connectivity index (χ2n) is 8.76. The molecule has 0 atom stereocenters. The minimum absolute atomic E-state index is 0.613. The van der Waals surface area contributed by atoms with Crippen molar-refractivity contribution in [3.8, 4) is 28.3 Å². The maximum absolute atomic E-state index is 9.00. The molecule has 0 saturated carbocycles. The minimum atomic E-state index is 0.613. The highest BCUT2D eigenvalue weighted by atomic mass is 14.9. The zero-order valence-electron chi connectivity index (χ0n) is 20.8. The standard InChI is InChI=1S/C35H25N3/c1-26(29-8-4-2-5-9-29)38-35(34-10-6-3-7-11-34)37-25-28-14-18-31(19-15-28)33-22-20-32(21-23-33)30-16-12-27(24-36)13-17-30/h2-23,25H,1H2. The molecule has 3 nitrogen and oxygen atoms in total. The van der Waals surface area contributed by atoms with E-state index < -0.39 is 0 Å². The maximum atomic E-state index is 9.00.